The highest BCUT2D eigenvalue weighted by atomic mass is 16.2. The van der Waals surface area contributed by atoms with Gasteiger partial charge in [-0.05, 0) is 38.1 Å². The third-order valence-corrected chi connectivity index (χ3v) is 4.36. The summed E-state index contributed by atoms with van der Waals surface area (Å²) in [6, 6.07) is 0.107. The quantitative estimate of drug-likeness (QED) is 0.799. The van der Waals surface area contributed by atoms with Crippen molar-refractivity contribution in [1.82, 2.24) is 10.2 Å². The first kappa shape index (κ1) is 12.9. The molecule has 2 fully saturated rings. The molecular weight excluding hydrogens is 212 g/mol. The van der Waals surface area contributed by atoms with Gasteiger partial charge in [-0.25, -0.2) is 0 Å². The Hall–Kier alpha value is -0.570. The van der Waals surface area contributed by atoms with E-state index < -0.39 is 0 Å². The van der Waals surface area contributed by atoms with Crippen LogP contribution in [-0.2, 0) is 4.79 Å². The Balaban J connectivity index is 1.82. The van der Waals surface area contributed by atoms with Crippen LogP contribution in [0.15, 0.2) is 0 Å². The number of carbonyl (C=O) groups excluding carboxylic acids is 1. The maximum atomic E-state index is 12.4. The van der Waals surface area contributed by atoms with Crippen molar-refractivity contribution in [2.24, 2.45) is 5.92 Å². The maximum absolute atomic E-state index is 12.4. The average molecular weight is 238 g/mol. The molecule has 3 heteroatoms. The van der Waals surface area contributed by atoms with Gasteiger partial charge in [-0.3, -0.25) is 4.79 Å². The van der Waals surface area contributed by atoms with E-state index in [1.165, 1.54) is 38.5 Å². The minimum Gasteiger partial charge on any atom is -0.341 e. The molecule has 0 saturated carbocycles. The monoisotopic (exact) mass is 238 g/mol. The van der Waals surface area contributed by atoms with Crippen LogP contribution in [0.1, 0.15) is 51.9 Å². The van der Waals surface area contributed by atoms with Gasteiger partial charge in [0.1, 0.15) is 0 Å². The molecule has 1 amide bonds. The first-order valence-corrected chi connectivity index (χ1v) is 7.33. The van der Waals surface area contributed by atoms with E-state index >= 15 is 0 Å². The van der Waals surface area contributed by atoms with Gasteiger partial charge in [-0.1, -0.05) is 26.2 Å². The van der Waals surface area contributed by atoms with Crippen molar-refractivity contribution in [3.63, 3.8) is 0 Å². The van der Waals surface area contributed by atoms with Gasteiger partial charge in [0, 0.05) is 13.1 Å². The van der Waals surface area contributed by atoms with Gasteiger partial charge in [0.15, 0.2) is 0 Å². The number of piperidine rings is 1. The van der Waals surface area contributed by atoms with Crippen LogP contribution in [0.4, 0.5) is 0 Å². The second-order valence-electron chi connectivity index (χ2n) is 5.53. The molecule has 1 unspecified atom stereocenters. The standard InChI is InChI=1S/C14H26N2O/c1-2-12-7-10-16(11-8-12)14(17)13-6-4-3-5-9-15-13/h12-13,15H,2-11H2,1H3. The molecule has 0 aromatic carbocycles. The number of likely N-dealkylation sites (tertiary alicyclic amines) is 1. The summed E-state index contributed by atoms with van der Waals surface area (Å²) >= 11 is 0. The fraction of sp³-hybridized carbons (Fsp3) is 0.929. The highest BCUT2D eigenvalue weighted by molar-refractivity contribution is 5.82. The van der Waals surface area contributed by atoms with Crippen molar-refractivity contribution in [2.75, 3.05) is 19.6 Å². The molecule has 2 aliphatic rings. The van der Waals surface area contributed by atoms with Crippen molar-refractivity contribution >= 4 is 5.91 Å². The van der Waals surface area contributed by atoms with E-state index in [2.05, 4.69) is 17.1 Å². The molecular formula is C14H26N2O. The maximum Gasteiger partial charge on any atom is 0.239 e. The molecule has 1 atom stereocenters. The Labute approximate surface area is 105 Å². The molecule has 3 nitrogen and oxygen atoms in total. The van der Waals surface area contributed by atoms with Gasteiger partial charge in [-0.15, -0.1) is 0 Å². The molecule has 0 spiro atoms. The molecule has 2 heterocycles. The lowest BCUT2D eigenvalue weighted by atomic mass is 9.94. The van der Waals surface area contributed by atoms with Crippen molar-refractivity contribution in [3.8, 4) is 0 Å². The van der Waals surface area contributed by atoms with Gasteiger partial charge < -0.3 is 10.2 Å². The second-order valence-corrected chi connectivity index (χ2v) is 5.53. The number of rotatable bonds is 2. The number of nitrogens with one attached hydrogen (secondary N) is 1. The molecule has 0 aliphatic carbocycles. The molecule has 98 valence electrons. The van der Waals surface area contributed by atoms with E-state index in [9.17, 15) is 4.79 Å². The smallest absolute Gasteiger partial charge is 0.239 e. The Morgan fingerprint density at radius 3 is 2.65 bits per heavy atom. The zero-order valence-corrected chi connectivity index (χ0v) is 11.1. The van der Waals surface area contributed by atoms with Gasteiger partial charge >= 0.3 is 0 Å². The number of nitrogens with zero attached hydrogens (tertiary/aromatic N) is 1. The summed E-state index contributed by atoms with van der Waals surface area (Å²) in [5, 5.41) is 3.41. The summed E-state index contributed by atoms with van der Waals surface area (Å²) in [6.45, 7) is 5.24. The first-order valence-electron chi connectivity index (χ1n) is 7.33. The Morgan fingerprint density at radius 1 is 1.18 bits per heavy atom. The second kappa shape index (κ2) is 6.39. The largest absolute Gasteiger partial charge is 0.341 e. The molecule has 0 aromatic rings. The van der Waals surface area contributed by atoms with Crippen LogP contribution in [0.5, 0.6) is 0 Å². The zero-order valence-electron chi connectivity index (χ0n) is 11.1. The normalized spacial score (nSPS) is 27.8. The number of amides is 1. The van der Waals surface area contributed by atoms with E-state index in [1.807, 2.05) is 0 Å². The van der Waals surface area contributed by atoms with E-state index in [-0.39, 0.29) is 6.04 Å². The SMILES string of the molecule is CCC1CCN(C(=O)C2CCCCCN2)CC1. The molecule has 0 bridgehead atoms. The predicted octanol–water partition coefficient (Wildman–Crippen LogP) is 2.17. The van der Waals surface area contributed by atoms with Crippen LogP contribution in [0.3, 0.4) is 0 Å². The van der Waals surface area contributed by atoms with E-state index in [1.54, 1.807) is 0 Å². The van der Waals surface area contributed by atoms with E-state index in [0.717, 1.165) is 32.0 Å². The summed E-state index contributed by atoms with van der Waals surface area (Å²) in [7, 11) is 0. The van der Waals surface area contributed by atoms with Crippen molar-refractivity contribution < 1.29 is 4.79 Å². The van der Waals surface area contributed by atoms with Crippen LogP contribution >= 0.6 is 0 Å². The van der Waals surface area contributed by atoms with Gasteiger partial charge in [-0.2, -0.15) is 0 Å². The predicted molar refractivity (Wildman–Crippen MR) is 69.9 cm³/mol. The highest BCUT2D eigenvalue weighted by Crippen LogP contribution is 2.21. The van der Waals surface area contributed by atoms with E-state index in [0.29, 0.717) is 5.91 Å². The third kappa shape index (κ3) is 3.44. The molecule has 2 rings (SSSR count). The van der Waals surface area contributed by atoms with Crippen molar-refractivity contribution in [1.29, 1.82) is 0 Å². The molecule has 0 radical (unpaired) electrons. The van der Waals surface area contributed by atoms with E-state index in [4.69, 9.17) is 0 Å². The summed E-state index contributed by atoms with van der Waals surface area (Å²) in [5.41, 5.74) is 0. The number of carbonyl (C=O) groups is 1. The molecule has 17 heavy (non-hydrogen) atoms. The molecule has 0 aromatic heterocycles. The minimum atomic E-state index is 0.107. The first-order chi connectivity index (χ1) is 8.31. The molecule has 2 aliphatic heterocycles. The van der Waals surface area contributed by atoms with Crippen molar-refractivity contribution in [2.45, 2.75) is 57.9 Å². The molecule has 2 saturated heterocycles. The fourth-order valence-corrected chi connectivity index (χ4v) is 3.02. The lowest BCUT2D eigenvalue weighted by Crippen LogP contribution is -2.48. The zero-order chi connectivity index (χ0) is 12.1. The van der Waals surface area contributed by atoms with Gasteiger partial charge in [0.25, 0.3) is 0 Å². The van der Waals surface area contributed by atoms with Gasteiger partial charge in [0.05, 0.1) is 6.04 Å². The summed E-state index contributed by atoms with van der Waals surface area (Å²) < 4.78 is 0. The van der Waals surface area contributed by atoms with Crippen molar-refractivity contribution in [3.05, 3.63) is 0 Å². The van der Waals surface area contributed by atoms with Gasteiger partial charge in [0.2, 0.25) is 5.91 Å². The third-order valence-electron chi connectivity index (χ3n) is 4.36. The number of hydrogen-bond acceptors (Lipinski definition) is 2. The van der Waals surface area contributed by atoms with Crippen LogP contribution in [0.25, 0.3) is 0 Å². The van der Waals surface area contributed by atoms with Crippen LogP contribution in [-0.4, -0.2) is 36.5 Å². The Kier molecular flexibility index (Phi) is 4.84. The highest BCUT2D eigenvalue weighted by Gasteiger charge is 2.27. The fourth-order valence-electron chi connectivity index (χ4n) is 3.02. The Morgan fingerprint density at radius 2 is 1.94 bits per heavy atom. The number of hydrogen-bond donors (Lipinski definition) is 1. The lowest BCUT2D eigenvalue weighted by molar-refractivity contribution is -0.135. The summed E-state index contributed by atoms with van der Waals surface area (Å²) in [6.07, 6.45) is 8.41. The minimum absolute atomic E-state index is 0.107. The average Bonchev–Trinajstić information content (AvgIpc) is 2.67. The Bertz CT molecular complexity index is 239. The van der Waals surface area contributed by atoms with Crippen LogP contribution in [0, 0.1) is 5.92 Å². The van der Waals surface area contributed by atoms with Crippen LogP contribution < -0.4 is 5.32 Å². The molecule has 1 N–H and O–H groups in total. The topological polar surface area (TPSA) is 32.3 Å². The van der Waals surface area contributed by atoms with Crippen LogP contribution in [0.2, 0.25) is 0 Å². The summed E-state index contributed by atoms with van der Waals surface area (Å²) in [5.74, 6) is 1.21. The summed E-state index contributed by atoms with van der Waals surface area (Å²) in [4.78, 5) is 14.5. The lowest BCUT2D eigenvalue weighted by Gasteiger charge is -2.34.